The second-order valence-corrected chi connectivity index (χ2v) is 12.6. The fourth-order valence-corrected chi connectivity index (χ4v) is 6.89. The highest BCUT2D eigenvalue weighted by Crippen LogP contribution is 2.36. The molecule has 2 fully saturated rings. The molecule has 2 aliphatic rings. The van der Waals surface area contributed by atoms with E-state index in [9.17, 15) is 14.7 Å². The Hall–Kier alpha value is -4.42. The number of halogens is 1. The van der Waals surface area contributed by atoms with Gasteiger partial charge in [-0.05, 0) is 74.1 Å². The smallest absolute Gasteiger partial charge is 0.387 e. The zero-order chi connectivity index (χ0) is 31.8. The zero-order valence-electron chi connectivity index (χ0n) is 25.7. The molecule has 7 rings (SSSR count). The van der Waals surface area contributed by atoms with E-state index in [-0.39, 0.29) is 30.0 Å². The molecule has 0 amide bonds. The Morgan fingerprint density at radius 3 is 2.57 bits per heavy atom. The van der Waals surface area contributed by atoms with E-state index in [4.69, 9.17) is 4.74 Å². The van der Waals surface area contributed by atoms with E-state index in [1.165, 1.54) is 12.4 Å². The number of aromatic nitrogens is 6. The third-order valence-corrected chi connectivity index (χ3v) is 9.55. The number of benzene rings is 2. The van der Waals surface area contributed by atoms with Crippen molar-refractivity contribution in [3.05, 3.63) is 92.3 Å². The molecule has 11 nitrogen and oxygen atoms in total. The van der Waals surface area contributed by atoms with Gasteiger partial charge in [-0.3, -0.25) is 18.9 Å². The molecule has 3 aromatic heterocycles. The zero-order valence-corrected chi connectivity index (χ0v) is 25.7. The monoisotopic (exact) mass is 628 g/mol. The first-order valence-electron chi connectivity index (χ1n) is 16.1. The molecule has 240 valence electrons. The van der Waals surface area contributed by atoms with Gasteiger partial charge in [-0.1, -0.05) is 54.9 Å². The Kier molecular flexibility index (Phi) is 8.16. The van der Waals surface area contributed by atoms with E-state index in [0.717, 1.165) is 57.1 Å². The average molecular weight is 629 g/mol. The summed E-state index contributed by atoms with van der Waals surface area (Å²) < 4.78 is 30.1. The summed E-state index contributed by atoms with van der Waals surface area (Å²) in [7, 11) is 0. The van der Waals surface area contributed by atoms with E-state index >= 15 is 4.39 Å². The Labute approximate surface area is 264 Å². The summed E-state index contributed by atoms with van der Waals surface area (Å²) in [6.07, 6.45) is 8.63. The number of fused-ring (bicyclic) bond motifs is 1. The van der Waals surface area contributed by atoms with Crippen LogP contribution in [0, 0.1) is 5.82 Å². The number of rotatable bonds is 10. The van der Waals surface area contributed by atoms with Gasteiger partial charge < -0.3 is 9.84 Å². The van der Waals surface area contributed by atoms with Crippen molar-refractivity contribution in [1.29, 1.82) is 0 Å². The molecule has 0 aliphatic heterocycles. The number of H-pyrrole nitrogens is 1. The first kappa shape index (κ1) is 30.2. The molecule has 2 aromatic carbocycles. The third kappa shape index (κ3) is 5.71. The van der Waals surface area contributed by atoms with Crippen molar-refractivity contribution in [1.82, 2.24) is 29.3 Å². The molecule has 3 heterocycles. The summed E-state index contributed by atoms with van der Waals surface area (Å²) in [5.74, 6) is -0.358. The molecule has 0 saturated heterocycles. The van der Waals surface area contributed by atoms with E-state index in [1.54, 1.807) is 27.3 Å². The molecular formula is C34H37FN6O5. The Morgan fingerprint density at radius 1 is 1.11 bits per heavy atom. The predicted molar refractivity (Wildman–Crippen MR) is 168 cm³/mol. The number of nitrogens with zero attached hydrogens (tertiary/aromatic N) is 5. The van der Waals surface area contributed by atoms with Crippen molar-refractivity contribution in [2.45, 2.75) is 88.9 Å². The second kappa shape index (κ2) is 12.4. The van der Waals surface area contributed by atoms with Gasteiger partial charge in [-0.25, -0.2) is 13.7 Å². The molecule has 2 saturated carbocycles. The SMILES string of the molecule is CCCc1c(Cc2ccc(-c3ccccc3-c3noc(=O)[nH]3)cc2F)c(=O)n([C@H]2CC[C@H](OCC3(O)CCC3)CC2)c2ncnn12. The van der Waals surface area contributed by atoms with Crippen molar-refractivity contribution < 1.29 is 18.8 Å². The first-order chi connectivity index (χ1) is 22.3. The molecule has 5 aromatic rings. The molecule has 2 aliphatic carbocycles. The lowest BCUT2D eigenvalue weighted by Crippen LogP contribution is -2.43. The van der Waals surface area contributed by atoms with E-state index in [1.807, 2.05) is 25.1 Å². The maximum absolute atomic E-state index is 15.9. The summed E-state index contributed by atoms with van der Waals surface area (Å²) in [6.45, 7) is 2.40. The van der Waals surface area contributed by atoms with Gasteiger partial charge in [0.05, 0.1) is 24.0 Å². The first-order valence-corrected chi connectivity index (χ1v) is 16.1. The largest absolute Gasteiger partial charge is 0.439 e. The van der Waals surface area contributed by atoms with Gasteiger partial charge >= 0.3 is 5.76 Å². The molecule has 0 radical (unpaired) electrons. The van der Waals surface area contributed by atoms with E-state index in [0.29, 0.717) is 46.6 Å². The van der Waals surface area contributed by atoms with Crippen LogP contribution < -0.4 is 11.3 Å². The summed E-state index contributed by atoms with van der Waals surface area (Å²) in [5, 5.41) is 18.7. The summed E-state index contributed by atoms with van der Waals surface area (Å²) in [6, 6.07) is 12.1. The second-order valence-electron chi connectivity index (χ2n) is 12.6. The van der Waals surface area contributed by atoms with Crippen molar-refractivity contribution in [3.8, 4) is 22.5 Å². The Morgan fingerprint density at radius 2 is 1.89 bits per heavy atom. The van der Waals surface area contributed by atoms with Gasteiger partial charge in [0.1, 0.15) is 12.1 Å². The minimum Gasteiger partial charge on any atom is -0.387 e. The van der Waals surface area contributed by atoms with Crippen LogP contribution in [0.4, 0.5) is 4.39 Å². The van der Waals surface area contributed by atoms with Crippen LogP contribution in [0.15, 0.2) is 62.9 Å². The molecule has 0 bridgehead atoms. The lowest BCUT2D eigenvalue weighted by Gasteiger charge is -2.38. The van der Waals surface area contributed by atoms with Gasteiger partial charge in [0.25, 0.3) is 5.56 Å². The third-order valence-electron chi connectivity index (χ3n) is 9.55. The molecule has 0 spiro atoms. The lowest BCUT2D eigenvalue weighted by molar-refractivity contribution is -0.120. The van der Waals surface area contributed by atoms with Crippen LogP contribution in [0.25, 0.3) is 28.3 Å². The summed E-state index contributed by atoms with van der Waals surface area (Å²) in [5.41, 5.74) is 2.68. The fraction of sp³-hybridized carbons (Fsp3) is 0.441. The van der Waals surface area contributed by atoms with Crippen molar-refractivity contribution >= 4 is 5.78 Å². The molecule has 2 N–H and O–H groups in total. The quantitative estimate of drug-likeness (QED) is 0.220. The van der Waals surface area contributed by atoms with Gasteiger partial charge in [0, 0.05) is 23.6 Å². The summed E-state index contributed by atoms with van der Waals surface area (Å²) >= 11 is 0. The number of aryl methyl sites for hydroxylation is 1. The number of hydrogen-bond donors (Lipinski definition) is 2. The van der Waals surface area contributed by atoms with Crippen LogP contribution in [0.1, 0.15) is 81.2 Å². The van der Waals surface area contributed by atoms with Crippen LogP contribution in [0.3, 0.4) is 0 Å². The highest BCUT2D eigenvalue weighted by molar-refractivity contribution is 5.80. The van der Waals surface area contributed by atoms with Crippen molar-refractivity contribution in [2.75, 3.05) is 6.61 Å². The topological polar surface area (TPSA) is 141 Å². The minimum atomic E-state index is -0.681. The lowest BCUT2D eigenvalue weighted by atomic mass is 9.81. The minimum absolute atomic E-state index is 0.0478. The average Bonchev–Trinajstić information content (AvgIpc) is 3.71. The van der Waals surface area contributed by atoms with Gasteiger partial charge in [-0.15, -0.1) is 0 Å². The molecule has 46 heavy (non-hydrogen) atoms. The van der Waals surface area contributed by atoms with Gasteiger partial charge in [0.2, 0.25) is 5.78 Å². The molecule has 0 atom stereocenters. The predicted octanol–water partition coefficient (Wildman–Crippen LogP) is 5.00. The van der Waals surface area contributed by atoms with Crippen LogP contribution in [-0.4, -0.2) is 52.7 Å². The Bertz CT molecular complexity index is 1980. The van der Waals surface area contributed by atoms with Crippen molar-refractivity contribution in [3.63, 3.8) is 0 Å². The van der Waals surface area contributed by atoms with Crippen LogP contribution in [0.5, 0.6) is 0 Å². The van der Waals surface area contributed by atoms with E-state index in [2.05, 4.69) is 24.7 Å². The highest BCUT2D eigenvalue weighted by Gasteiger charge is 2.36. The molecular weight excluding hydrogens is 591 g/mol. The highest BCUT2D eigenvalue weighted by atomic mass is 19.1. The Balaban J connectivity index is 1.19. The summed E-state index contributed by atoms with van der Waals surface area (Å²) in [4.78, 5) is 32.9. The molecule has 0 unspecified atom stereocenters. The van der Waals surface area contributed by atoms with Crippen LogP contribution in [-0.2, 0) is 17.6 Å². The maximum Gasteiger partial charge on any atom is 0.439 e. The standard InChI is InChI=1S/C34H37FN6O5/c1-2-6-29-27(17-22-10-9-21(18-28(22)35)25-7-3-4-8-26(25)30-38-33(43)46-39-30)31(42)40(32-36-20-37-41(29)32)23-11-13-24(14-12-23)45-19-34(44)15-5-16-34/h3-4,7-10,18,20,23-24,44H,2,5-6,11-17,19H2,1H3,(H,38,39,43)/t23-,24-. The van der Waals surface area contributed by atoms with Crippen LogP contribution >= 0.6 is 0 Å². The number of aliphatic hydroxyl groups is 1. The van der Waals surface area contributed by atoms with Crippen molar-refractivity contribution in [2.24, 2.45) is 0 Å². The van der Waals surface area contributed by atoms with Gasteiger partial charge in [-0.2, -0.15) is 10.1 Å². The maximum atomic E-state index is 15.9. The number of ether oxygens (including phenoxy) is 1. The normalized spacial score (nSPS) is 19.4. The van der Waals surface area contributed by atoms with E-state index < -0.39 is 17.2 Å². The van der Waals surface area contributed by atoms with Gasteiger partial charge in [0.15, 0.2) is 5.82 Å². The number of aromatic amines is 1. The number of nitrogens with one attached hydrogen (secondary N) is 1. The fourth-order valence-electron chi connectivity index (χ4n) is 6.89. The molecule has 12 heteroatoms. The van der Waals surface area contributed by atoms with Crippen LogP contribution in [0.2, 0.25) is 0 Å². The number of hydrogen-bond acceptors (Lipinski definition) is 8.